The van der Waals surface area contributed by atoms with Crippen molar-refractivity contribution in [2.24, 2.45) is 4.99 Å². The van der Waals surface area contributed by atoms with Crippen LogP contribution in [-0.2, 0) is 6.54 Å². The van der Waals surface area contributed by atoms with Gasteiger partial charge in [-0.05, 0) is 43.4 Å². The maximum Gasteiger partial charge on any atom is 0.326 e. The van der Waals surface area contributed by atoms with Gasteiger partial charge in [0.1, 0.15) is 5.69 Å². The minimum absolute atomic E-state index is 0.234. The van der Waals surface area contributed by atoms with Crippen LogP contribution in [0.2, 0.25) is 0 Å². The van der Waals surface area contributed by atoms with Crippen LogP contribution >= 0.6 is 0 Å². The third-order valence-electron chi connectivity index (χ3n) is 6.43. The van der Waals surface area contributed by atoms with E-state index < -0.39 is 5.69 Å². The molecule has 6 rings (SSSR count). The first kappa shape index (κ1) is 21.4. The van der Waals surface area contributed by atoms with Gasteiger partial charge in [-0.2, -0.15) is 19.6 Å². The molecule has 35 heavy (non-hydrogen) atoms. The van der Waals surface area contributed by atoms with Crippen molar-refractivity contribution in [3.63, 3.8) is 0 Å². The summed E-state index contributed by atoms with van der Waals surface area (Å²) >= 11 is 0. The molecule has 2 aliphatic rings. The average molecular weight is 474 g/mol. The Balaban J connectivity index is 1.43. The third kappa shape index (κ3) is 4.25. The van der Waals surface area contributed by atoms with Crippen LogP contribution in [0.25, 0.3) is 11.7 Å². The predicted molar refractivity (Wildman–Crippen MR) is 131 cm³/mol. The number of aromatic hydroxyl groups is 1. The number of para-hydroxylation sites is 1. The zero-order valence-electron chi connectivity index (χ0n) is 19.5. The molecule has 1 aliphatic heterocycles. The van der Waals surface area contributed by atoms with Crippen LogP contribution in [0, 0.1) is 0 Å². The van der Waals surface area contributed by atoms with E-state index in [-0.39, 0.29) is 17.6 Å². The Bertz CT molecular complexity index is 1560. The predicted octanol–water partition coefficient (Wildman–Crippen LogP) is 0.694. The lowest BCUT2D eigenvalue weighted by Crippen LogP contribution is -2.29. The molecule has 1 aromatic carbocycles. The molecule has 1 aliphatic carbocycles. The first-order valence-corrected chi connectivity index (χ1v) is 11.9. The molecule has 0 amide bonds. The molecule has 4 aromatic rings. The number of H-pyrrole nitrogens is 2. The number of hydrogen-bond donors (Lipinski definition) is 3. The van der Waals surface area contributed by atoms with Gasteiger partial charge in [-0.1, -0.05) is 18.2 Å². The van der Waals surface area contributed by atoms with Gasteiger partial charge in [0.25, 0.3) is 5.62 Å². The molecule has 0 bridgehead atoms. The van der Waals surface area contributed by atoms with Gasteiger partial charge < -0.3 is 19.9 Å². The van der Waals surface area contributed by atoms with Crippen LogP contribution < -0.4 is 26.3 Å². The number of hydrogen-bond acceptors (Lipinski definition) is 8. The van der Waals surface area contributed by atoms with E-state index in [2.05, 4.69) is 44.2 Å². The van der Waals surface area contributed by atoms with Crippen LogP contribution in [0.1, 0.15) is 36.9 Å². The van der Waals surface area contributed by atoms with Crippen LogP contribution in [0.15, 0.2) is 40.2 Å². The van der Waals surface area contributed by atoms with Crippen molar-refractivity contribution in [1.82, 2.24) is 29.5 Å². The maximum atomic E-state index is 11.6. The van der Waals surface area contributed by atoms with Crippen molar-refractivity contribution in [2.75, 3.05) is 29.9 Å². The lowest BCUT2D eigenvalue weighted by molar-refractivity contribution is 0.454. The van der Waals surface area contributed by atoms with Gasteiger partial charge in [0, 0.05) is 37.6 Å². The lowest BCUT2D eigenvalue weighted by atomic mass is 10.1. The highest BCUT2D eigenvalue weighted by molar-refractivity contribution is 5.58. The van der Waals surface area contributed by atoms with E-state index in [0.717, 1.165) is 25.9 Å². The molecule has 1 saturated heterocycles. The fraction of sp³-hybridized carbons (Fsp3) is 0.375. The highest BCUT2D eigenvalue weighted by atomic mass is 16.3. The zero-order chi connectivity index (χ0) is 23.9. The van der Waals surface area contributed by atoms with E-state index in [4.69, 9.17) is 15.0 Å². The molecule has 1 saturated carbocycles. The Labute approximate surface area is 200 Å². The minimum atomic E-state index is -0.485. The van der Waals surface area contributed by atoms with E-state index in [1.54, 1.807) is 16.8 Å². The van der Waals surface area contributed by atoms with E-state index in [1.165, 1.54) is 24.1 Å². The highest BCUT2D eigenvalue weighted by Crippen LogP contribution is 2.26. The summed E-state index contributed by atoms with van der Waals surface area (Å²) in [5.41, 5.74) is 3.30. The van der Waals surface area contributed by atoms with Crippen molar-refractivity contribution in [3.8, 4) is 5.88 Å². The number of nitrogens with zero attached hydrogens (tertiary/aromatic N) is 7. The van der Waals surface area contributed by atoms with Crippen molar-refractivity contribution in [1.29, 1.82) is 0 Å². The monoisotopic (exact) mass is 473 g/mol. The second-order valence-corrected chi connectivity index (χ2v) is 9.18. The summed E-state index contributed by atoms with van der Waals surface area (Å²) in [6.07, 6.45) is 7.79. The number of benzene rings is 1. The fourth-order valence-corrected chi connectivity index (χ4v) is 4.48. The first-order valence-electron chi connectivity index (χ1n) is 11.9. The number of aromatic nitrogens is 6. The second kappa shape index (κ2) is 8.57. The molecule has 4 heterocycles. The summed E-state index contributed by atoms with van der Waals surface area (Å²) in [7, 11) is 1.97. The average Bonchev–Trinajstić information content (AvgIpc) is 3.20. The normalized spacial score (nSPS) is 17.1. The molecule has 0 unspecified atom stereocenters. The number of imidazole rings is 1. The van der Waals surface area contributed by atoms with Crippen LogP contribution in [0.3, 0.4) is 0 Å². The van der Waals surface area contributed by atoms with Crippen LogP contribution in [0.5, 0.6) is 5.88 Å². The molecule has 0 radical (unpaired) electrons. The van der Waals surface area contributed by atoms with Crippen LogP contribution in [-0.4, -0.2) is 60.8 Å². The van der Waals surface area contributed by atoms with Gasteiger partial charge in [-0.3, -0.25) is 4.98 Å². The van der Waals surface area contributed by atoms with Crippen LogP contribution in [0.4, 0.5) is 11.6 Å². The highest BCUT2D eigenvalue weighted by Gasteiger charge is 2.22. The van der Waals surface area contributed by atoms with E-state index in [0.29, 0.717) is 29.0 Å². The third-order valence-corrected chi connectivity index (χ3v) is 6.43. The summed E-state index contributed by atoms with van der Waals surface area (Å²) in [5.74, 6) is 0.303. The standard InChI is InChI=1S/C24H27N9O2/c1-31(14-15-6-2-3-7-19(15)32-10-4-5-11-32)22-28-20-16(12-18-21(34)29-24(35)27-18)13-25-33(20)23(30-22)26-17-8-9-17/h2-3,6-7,12-13,17,34H,4-5,8-11,14H2,1H3,(H2,27,29,35)/b16-12-,26-23?. The fourth-order valence-electron chi connectivity index (χ4n) is 4.48. The van der Waals surface area contributed by atoms with Crippen molar-refractivity contribution < 1.29 is 5.11 Å². The second-order valence-electron chi connectivity index (χ2n) is 9.18. The number of rotatable bonds is 6. The van der Waals surface area contributed by atoms with Crippen molar-refractivity contribution >= 4 is 23.4 Å². The molecule has 0 spiro atoms. The van der Waals surface area contributed by atoms with Crippen molar-refractivity contribution in [2.45, 2.75) is 38.3 Å². The summed E-state index contributed by atoms with van der Waals surface area (Å²) in [6, 6.07) is 8.74. The molecule has 11 nitrogen and oxygen atoms in total. The van der Waals surface area contributed by atoms with E-state index in [1.807, 2.05) is 11.9 Å². The largest absolute Gasteiger partial charge is 0.493 e. The molecule has 3 N–H and O–H groups in total. The Morgan fingerprint density at radius 1 is 1.20 bits per heavy atom. The Morgan fingerprint density at radius 3 is 2.74 bits per heavy atom. The van der Waals surface area contributed by atoms with Gasteiger partial charge in [-0.15, -0.1) is 0 Å². The molecule has 3 aromatic heterocycles. The SMILES string of the molecule is CN(Cc1ccccc1N1CCCC1)c1nc(=NC2CC2)n2nc/c(=C/c3[nH]c(=O)[nH]c3O)c2n1. The number of fused-ring (bicyclic) bond motifs is 1. The smallest absolute Gasteiger partial charge is 0.326 e. The molecular formula is C24H27N9O2. The first-order chi connectivity index (χ1) is 17.0. The topological polar surface area (TPSA) is 131 Å². The molecular weight excluding hydrogens is 446 g/mol. The number of aromatic amines is 2. The Hall–Kier alpha value is -4.15. The van der Waals surface area contributed by atoms with Gasteiger partial charge in [0.2, 0.25) is 11.8 Å². The number of anilines is 2. The molecule has 0 atom stereocenters. The van der Waals surface area contributed by atoms with Gasteiger partial charge >= 0.3 is 5.69 Å². The zero-order valence-corrected chi connectivity index (χ0v) is 19.5. The minimum Gasteiger partial charge on any atom is -0.493 e. The summed E-state index contributed by atoms with van der Waals surface area (Å²) in [5, 5.41) is 15.1. The summed E-state index contributed by atoms with van der Waals surface area (Å²) in [6.45, 7) is 2.80. The summed E-state index contributed by atoms with van der Waals surface area (Å²) in [4.78, 5) is 35.2. The summed E-state index contributed by atoms with van der Waals surface area (Å²) < 4.78 is 1.61. The number of nitrogens with one attached hydrogen (secondary N) is 2. The lowest BCUT2D eigenvalue weighted by Gasteiger charge is -2.24. The molecule has 2 fully saturated rings. The quantitative estimate of drug-likeness (QED) is 0.376. The molecule has 180 valence electrons. The van der Waals surface area contributed by atoms with Gasteiger partial charge in [0.05, 0.1) is 12.2 Å². The van der Waals surface area contributed by atoms with E-state index >= 15 is 0 Å². The van der Waals surface area contributed by atoms with Crippen molar-refractivity contribution in [3.05, 3.63) is 63.0 Å². The Morgan fingerprint density at radius 2 is 2.00 bits per heavy atom. The molecule has 11 heteroatoms. The van der Waals surface area contributed by atoms with E-state index in [9.17, 15) is 9.90 Å². The maximum absolute atomic E-state index is 11.6. The Kier molecular flexibility index (Phi) is 5.24. The van der Waals surface area contributed by atoms with Gasteiger partial charge in [0.15, 0.2) is 5.65 Å². The van der Waals surface area contributed by atoms with Gasteiger partial charge in [-0.25, -0.2) is 9.79 Å².